The van der Waals surface area contributed by atoms with Crippen molar-refractivity contribution in [3.63, 3.8) is 0 Å². The molecule has 0 spiro atoms. The number of terminal acetylenes is 1. The van der Waals surface area contributed by atoms with Crippen LogP contribution < -0.4 is 19.7 Å². The molecule has 4 aromatic rings. The monoisotopic (exact) mass is 975 g/mol. The molecule has 8 fully saturated rings. The minimum absolute atomic E-state index is 0.00933. The normalized spacial score (nSPS) is 36.8. The van der Waals surface area contributed by atoms with Gasteiger partial charge in [-0.1, -0.05) is 32.8 Å². The van der Waals surface area contributed by atoms with Crippen molar-refractivity contribution in [3.05, 3.63) is 47.7 Å². The average Bonchev–Trinajstić information content (AvgIpc) is 4.10. The lowest BCUT2D eigenvalue weighted by Gasteiger charge is -2.62. The number of benzene rings is 2. The maximum Gasteiger partial charge on any atom is 0.319 e. The van der Waals surface area contributed by atoms with Gasteiger partial charge in [0.25, 0.3) is 0 Å². The van der Waals surface area contributed by atoms with Crippen molar-refractivity contribution in [2.75, 3.05) is 37.7 Å². The lowest BCUT2D eigenvalue weighted by atomic mass is 9.43. The number of hydrogen-bond donors (Lipinski definition) is 3. The van der Waals surface area contributed by atoms with Crippen molar-refractivity contribution in [1.82, 2.24) is 25.2 Å². The van der Waals surface area contributed by atoms with Crippen molar-refractivity contribution >= 4 is 33.5 Å². The van der Waals surface area contributed by atoms with Gasteiger partial charge in [-0.15, -0.1) is 6.42 Å². The summed E-state index contributed by atoms with van der Waals surface area (Å²) in [4.78, 5) is 32.5. The van der Waals surface area contributed by atoms with E-state index in [2.05, 4.69) is 41.8 Å². The molecule has 11 nitrogen and oxygen atoms in total. The molecule has 4 aliphatic carbocycles. The molecule has 14 atom stereocenters. The quantitative estimate of drug-likeness (QED) is 0.0798. The van der Waals surface area contributed by atoms with E-state index >= 15 is 8.78 Å². The second-order valence-electron chi connectivity index (χ2n) is 24.0. The van der Waals surface area contributed by atoms with Gasteiger partial charge in [0.2, 0.25) is 0 Å². The molecule has 0 radical (unpaired) electrons. The Bertz CT molecular complexity index is 2800. The molecular weight excluding hydrogens is 906 g/mol. The number of aromatic nitrogens is 3. The molecule has 12 rings (SSSR count). The molecule has 2 aromatic carbocycles. The van der Waals surface area contributed by atoms with E-state index in [1.54, 1.807) is 18.3 Å². The molecule has 2 bridgehead atoms. The first-order valence-corrected chi connectivity index (χ1v) is 26.8. The number of aliphatic hydroxyl groups excluding tert-OH is 2. The summed E-state index contributed by atoms with van der Waals surface area (Å²) in [5, 5.41) is 27.1. The summed E-state index contributed by atoms with van der Waals surface area (Å²) >= 11 is 0. The molecule has 4 saturated heterocycles. The van der Waals surface area contributed by atoms with Gasteiger partial charge in [-0.2, -0.15) is 9.97 Å². The van der Waals surface area contributed by atoms with Crippen LogP contribution in [0.4, 0.5) is 19.0 Å². The summed E-state index contributed by atoms with van der Waals surface area (Å²) in [5.74, 6) is 3.43. The van der Waals surface area contributed by atoms with E-state index < -0.39 is 29.3 Å². The zero-order chi connectivity index (χ0) is 49.1. The first-order valence-electron chi connectivity index (χ1n) is 26.8. The van der Waals surface area contributed by atoms with Crippen LogP contribution in [0.2, 0.25) is 0 Å². The zero-order valence-corrected chi connectivity index (χ0v) is 41.4. The number of aliphatic hydroxyl groups is 2. The highest BCUT2D eigenvalue weighted by atomic mass is 19.1. The largest absolute Gasteiger partial charge is 0.461 e. The number of esters is 1. The Morgan fingerprint density at radius 3 is 2.58 bits per heavy atom. The van der Waals surface area contributed by atoms with Crippen LogP contribution in [0.15, 0.2) is 30.5 Å². The van der Waals surface area contributed by atoms with Crippen molar-refractivity contribution in [1.29, 1.82) is 0 Å². The summed E-state index contributed by atoms with van der Waals surface area (Å²) in [5.41, 5.74) is -0.335. The van der Waals surface area contributed by atoms with E-state index in [0.717, 1.165) is 83.6 Å². The third-order valence-electron chi connectivity index (χ3n) is 20.3. The minimum atomic E-state index is -0.946. The number of nitrogens with one attached hydrogen (secondary N) is 1. The predicted molar refractivity (Wildman–Crippen MR) is 265 cm³/mol. The summed E-state index contributed by atoms with van der Waals surface area (Å²) in [7, 11) is 0. The molecule has 0 amide bonds. The van der Waals surface area contributed by atoms with Crippen LogP contribution in [0.25, 0.3) is 32.9 Å². The number of nitrogens with zero attached hydrogens (tertiary/aromatic N) is 5. The third-order valence-corrected chi connectivity index (χ3v) is 20.3. The van der Waals surface area contributed by atoms with Crippen molar-refractivity contribution in [3.8, 4) is 35.4 Å². The van der Waals surface area contributed by atoms with Crippen molar-refractivity contribution in [2.24, 2.45) is 46.3 Å². The Hall–Kier alpha value is -4.55. The number of piperazine rings is 1. The van der Waals surface area contributed by atoms with Crippen LogP contribution in [-0.4, -0.2) is 105 Å². The first kappa shape index (κ1) is 47.5. The molecule has 3 N–H and O–H groups in total. The Balaban J connectivity index is 0.820. The third kappa shape index (κ3) is 7.92. The molecule has 3 unspecified atom stereocenters. The van der Waals surface area contributed by atoms with Gasteiger partial charge in [-0.3, -0.25) is 14.7 Å². The predicted octanol–water partition coefficient (Wildman–Crippen LogP) is 9.31. The van der Waals surface area contributed by atoms with E-state index in [1.165, 1.54) is 12.1 Å². The van der Waals surface area contributed by atoms with Crippen LogP contribution >= 0.6 is 0 Å². The Morgan fingerprint density at radius 1 is 0.986 bits per heavy atom. The SMILES string of the molecule is C#Cc1c(F)ccc2cc(OC(=O)CC[C@@H](C)[C@H]3CC[C@H]4[C@H]5C(CC[C@]34C)[C@@]3(C)CC[C@@H](O)C[C@H]3C[C@@H]5O)cc(-c3ncc4c(N5CC6CCC(C5)N6)nc(OC[C@@]56CCCN5C[C@H](F)C6)nc4c3F)c12. The van der Waals surface area contributed by atoms with Crippen LogP contribution in [-0.2, 0) is 4.79 Å². The van der Waals surface area contributed by atoms with Crippen LogP contribution in [0.1, 0.15) is 123 Å². The molecular formula is C57H69F3N6O5. The number of rotatable bonds is 10. The highest BCUT2D eigenvalue weighted by molar-refractivity contribution is 6.03. The van der Waals surface area contributed by atoms with Gasteiger partial charge in [0, 0.05) is 61.7 Å². The lowest BCUT2D eigenvalue weighted by molar-refractivity contribution is -0.174. The highest BCUT2D eigenvalue weighted by Crippen LogP contribution is 2.68. The smallest absolute Gasteiger partial charge is 0.319 e. The van der Waals surface area contributed by atoms with E-state index in [-0.39, 0.29) is 99.5 Å². The van der Waals surface area contributed by atoms with Gasteiger partial charge in [0.15, 0.2) is 5.82 Å². The molecule has 4 saturated carbocycles. The van der Waals surface area contributed by atoms with Gasteiger partial charge < -0.3 is 29.9 Å². The van der Waals surface area contributed by atoms with Crippen molar-refractivity contribution in [2.45, 2.75) is 153 Å². The Kier molecular flexibility index (Phi) is 11.9. The molecule has 71 heavy (non-hydrogen) atoms. The Labute approximate surface area is 415 Å². The van der Waals surface area contributed by atoms with Crippen molar-refractivity contribution < 1.29 is 37.7 Å². The standard InChI is InChI=1S/C57H69F3N6O5/c1-5-39-45(59)13-8-32-21-38(71-47(69)14-7-31(2)42-11-12-43-49-44(16-19-56(42,43)4)55(3)18-15-37(67)22-33(55)23-46(49)68)24-40(48(32)39)51-50(60)52-41(26-61-51)53(65-28-35-9-10-36(29-65)62-35)64-54(63-52)70-30-57-17-6-20-66(57)27-34(58)25-57/h1,8,13,21,24,26,31,33-37,42-44,46,49,62,67-68H,6-7,9-12,14-20,22-23,25,27-30H2,2-4H3/t31-,33+,34-,35?,36?,37-,42-,43+,44?,46+,49+,55+,56-,57+/m1/s1. The molecule has 8 aliphatic rings. The number of pyridine rings is 1. The number of fused-ring (bicyclic) bond motifs is 10. The van der Waals surface area contributed by atoms with Gasteiger partial charge in [-0.25, -0.2) is 13.2 Å². The number of halogens is 3. The summed E-state index contributed by atoms with van der Waals surface area (Å²) in [6.07, 6.45) is 18.7. The number of alkyl halides is 1. The first-order chi connectivity index (χ1) is 34.1. The van der Waals surface area contributed by atoms with Gasteiger partial charge in [-0.05, 0) is 160 Å². The van der Waals surface area contributed by atoms with Gasteiger partial charge >= 0.3 is 12.0 Å². The second-order valence-corrected chi connectivity index (χ2v) is 24.0. The molecule has 2 aromatic heterocycles. The van der Waals surface area contributed by atoms with E-state index in [1.807, 2.05) is 0 Å². The number of carbonyl (C=O) groups is 1. The lowest BCUT2D eigenvalue weighted by Crippen LogP contribution is -2.58. The Morgan fingerprint density at radius 2 is 1.77 bits per heavy atom. The number of anilines is 1. The van der Waals surface area contributed by atoms with E-state index in [9.17, 15) is 19.4 Å². The fourth-order valence-electron chi connectivity index (χ4n) is 16.8. The summed E-state index contributed by atoms with van der Waals surface area (Å²) in [6, 6.07) is 6.46. The van der Waals surface area contributed by atoms with Crippen LogP contribution in [0, 0.1) is 70.3 Å². The number of hydrogen-bond acceptors (Lipinski definition) is 11. The molecule has 378 valence electrons. The van der Waals surface area contributed by atoms with Crippen LogP contribution in [0.5, 0.6) is 11.8 Å². The second kappa shape index (κ2) is 17.8. The number of ether oxygens (including phenoxy) is 2. The molecule has 14 heteroatoms. The molecule has 6 heterocycles. The number of carbonyl (C=O) groups excluding carboxylic acids is 1. The molecule has 4 aliphatic heterocycles. The van der Waals surface area contributed by atoms with E-state index in [0.29, 0.717) is 72.7 Å². The zero-order valence-electron chi connectivity index (χ0n) is 41.4. The minimum Gasteiger partial charge on any atom is -0.461 e. The summed E-state index contributed by atoms with van der Waals surface area (Å²) < 4.78 is 60.5. The average molecular weight is 975 g/mol. The fraction of sp³-hybridized carbons (Fsp3) is 0.649. The van der Waals surface area contributed by atoms with E-state index in [4.69, 9.17) is 30.8 Å². The maximum atomic E-state index is 17.7. The van der Waals surface area contributed by atoms with Gasteiger partial charge in [0.1, 0.15) is 41.4 Å². The summed E-state index contributed by atoms with van der Waals surface area (Å²) in [6.45, 7) is 9.78. The van der Waals surface area contributed by atoms with Crippen LogP contribution in [0.3, 0.4) is 0 Å². The highest BCUT2D eigenvalue weighted by Gasteiger charge is 2.63. The fourth-order valence-corrected chi connectivity index (χ4v) is 16.8. The topological polar surface area (TPSA) is 133 Å². The van der Waals surface area contributed by atoms with Gasteiger partial charge in [0.05, 0.1) is 28.7 Å². The maximum absolute atomic E-state index is 17.7.